The van der Waals surface area contributed by atoms with E-state index in [0.717, 1.165) is 96.3 Å². The summed E-state index contributed by atoms with van der Waals surface area (Å²) in [6.07, 6.45) is 17.8. The first-order valence-corrected chi connectivity index (χ1v) is 20.8. The van der Waals surface area contributed by atoms with E-state index in [2.05, 4.69) is 52.0 Å². The lowest BCUT2D eigenvalue weighted by atomic mass is 9.97. The van der Waals surface area contributed by atoms with Crippen LogP contribution < -0.4 is 18.9 Å². The fourth-order valence-corrected chi connectivity index (χ4v) is 6.98. The summed E-state index contributed by atoms with van der Waals surface area (Å²) in [7, 11) is 1.39. The highest BCUT2D eigenvalue weighted by atomic mass is 16.5. The molecule has 292 valence electrons. The molecule has 0 amide bonds. The SMILES string of the molecule is CCCCCCOc1cc2c3cc(OCCCCCC)c(OCCCCCC)cc3c3nc4c(C(=O)OC)cccc4nc3c2cc1OCCCCCC. The zero-order chi connectivity index (χ0) is 38.1. The minimum absolute atomic E-state index is 0.375. The van der Waals surface area contributed by atoms with Crippen molar-refractivity contribution in [1.82, 2.24) is 9.97 Å². The van der Waals surface area contributed by atoms with Crippen LogP contribution in [0.5, 0.6) is 23.0 Å². The summed E-state index contributed by atoms with van der Waals surface area (Å²) in [6.45, 7) is 11.3. The van der Waals surface area contributed by atoms with Gasteiger partial charge in [0.15, 0.2) is 23.0 Å². The number of aromatic nitrogens is 2. The molecule has 4 aromatic carbocycles. The summed E-state index contributed by atoms with van der Waals surface area (Å²) in [5.41, 5.74) is 2.88. The lowest BCUT2D eigenvalue weighted by Gasteiger charge is -2.19. The molecule has 0 bridgehead atoms. The minimum atomic E-state index is -0.450. The molecule has 0 atom stereocenters. The highest BCUT2D eigenvalue weighted by Gasteiger charge is 2.21. The van der Waals surface area contributed by atoms with Crippen LogP contribution in [0.1, 0.15) is 141 Å². The van der Waals surface area contributed by atoms with Gasteiger partial charge in [-0.05, 0) is 72.9 Å². The summed E-state index contributed by atoms with van der Waals surface area (Å²) >= 11 is 0. The number of fused-ring (bicyclic) bond motifs is 7. The van der Waals surface area contributed by atoms with Gasteiger partial charge in [0.05, 0.1) is 55.7 Å². The Morgan fingerprint density at radius 3 is 1.26 bits per heavy atom. The Balaban J connectivity index is 1.74. The molecule has 8 heteroatoms. The first-order chi connectivity index (χ1) is 26.5. The second-order valence-corrected chi connectivity index (χ2v) is 14.4. The normalized spacial score (nSPS) is 11.5. The van der Waals surface area contributed by atoms with Gasteiger partial charge in [-0.3, -0.25) is 0 Å². The quantitative estimate of drug-likeness (QED) is 0.0253. The molecule has 1 aromatic heterocycles. The van der Waals surface area contributed by atoms with Crippen molar-refractivity contribution in [3.8, 4) is 23.0 Å². The zero-order valence-electron chi connectivity index (χ0n) is 33.5. The van der Waals surface area contributed by atoms with Crippen LogP contribution in [0.4, 0.5) is 0 Å². The predicted molar refractivity (Wildman–Crippen MR) is 222 cm³/mol. The van der Waals surface area contributed by atoms with E-state index in [1.54, 1.807) is 6.07 Å². The molecule has 54 heavy (non-hydrogen) atoms. The first kappa shape index (κ1) is 40.8. The van der Waals surface area contributed by atoms with E-state index in [0.29, 0.717) is 60.0 Å². The molecule has 0 saturated carbocycles. The Bertz CT molecular complexity index is 1960. The molecule has 0 unspecified atom stereocenters. The summed E-state index contributed by atoms with van der Waals surface area (Å²) in [5, 5.41) is 3.70. The average molecular weight is 739 g/mol. The smallest absolute Gasteiger partial charge is 0.340 e. The fraction of sp³-hybridized carbons (Fsp3) is 0.543. The molecular formula is C46H62N2O6. The molecule has 5 aromatic rings. The van der Waals surface area contributed by atoms with Crippen LogP contribution in [0.15, 0.2) is 42.5 Å². The Morgan fingerprint density at radius 2 is 0.870 bits per heavy atom. The monoisotopic (exact) mass is 738 g/mol. The van der Waals surface area contributed by atoms with Gasteiger partial charge in [0, 0.05) is 10.8 Å². The van der Waals surface area contributed by atoms with Gasteiger partial charge >= 0.3 is 5.97 Å². The van der Waals surface area contributed by atoms with E-state index >= 15 is 0 Å². The van der Waals surface area contributed by atoms with Gasteiger partial charge in [-0.25, -0.2) is 14.8 Å². The Kier molecular flexibility index (Phi) is 16.3. The van der Waals surface area contributed by atoms with Crippen LogP contribution in [0.25, 0.3) is 43.6 Å². The van der Waals surface area contributed by atoms with Gasteiger partial charge in [0.1, 0.15) is 5.52 Å². The van der Waals surface area contributed by atoms with E-state index in [4.69, 9.17) is 33.7 Å². The lowest BCUT2D eigenvalue weighted by Crippen LogP contribution is -2.05. The standard InChI is InChI=1S/C46H62N2O6/c1-6-10-14-18-25-51-39-29-34-35-30-40(52-26-19-15-11-7-2)42(54-28-21-17-13-9-4)32-37(35)45-44(36(34)31-41(39)53-27-20-16-12-8-3)47-38-24-22-23-33(43(38)48-45)46(49)50-5/h22-24,29-32H,6-21,25-28H2,1-5H3. The molecule has 0 aliphatic carbocycles. The van der Waals surface area contributed by atoms with Gasteiger partial charge in [-0.1, -0.05) is 111 Å². The van der Waals surface area contributed by atoms with Gasteiger partial charge in [0.25, 0.3) is 0 Å². The summed E-state index contributed by atoms with van der Waals surface area (Å²) < 4.78 is 31.2. The van der Waals surface area contributed by atoms with E-state index in [1.807, 2.05) is 12.1 Å². The summed E-state index contributed by atoms with van der Waals surface area (Å²) in [5.74, 6) is 2.40. The van der Waals surface area contributed by atoms with Crippen molar-refractivity contribution < 1.29 is 28.5 Å². The Hall–Kier alpha value is -4.33. The minimum Gasteiger partial charge on any atom is -0.490 e. The van der Waals surface area contributed by atoms with E-state index in [9.17, 15) is 4.79 Å². The Morgan fingerprint density at radius 1 is 0.481 bits per heavy atom. The maximum atomic E-state index is 12.9. The van der Waals surface area contributed by atoms with Gasteiger partial charge in [-0.15, -0.1) is 0 Å². The average Bonchev–Trinajstić information content (AvgIpc) is 3.19. The number of unbranched alkanes of at least 4 members (excludes halogenated alkanes) is 12. The molecule has 0 fully saturated rings. The van der Waals surface area contributed by atoms with Crippen LogP contribution in [0.2, 0.25) is 0 Å². The van der Waals surface area contributed by atoms with Crippen molar-refractivity contribution in [2.45, 2.75) is 130 Å². The van der Waals surface area contributed by atoms with Crippen molar-refractivity contribution in [2.75, 3.05) is 33.5 Å². The van der Waals surface area contributed by atoms with Crippen molar-refractivity contribution in [1.29, 1.82) is 0 Å². The third-order valence-electron chi connectivity index (χ3n) is 10.1. The first-order valence-electron chi connectivity index (χ1n) is 20.8. The number of esters is 1. The molecule has 0 spiro atoms. The maximum absolute atomic E-state index is 12.9. The number of carbonyl (C=O) groups is 1. The number of nitrogens with zero attached hydrogens (tertiary/aromatic N) is 2. The second-order valence-electron chi connectivity index (χ2n) is 14.4. The van der Waals surface area contributed by atoms with E-state index in [1.165, 1.54) is 52.1 Å². The van der Waals surface area contributed by atoms with Gasteiger partial charge in [-0.2, -0.15) is 0 Å². The lowest BCUT2D eigenvalue weighted by molar-refractivity contribution is 0.0602. The number of carbonyl (C=O) groups excluding carboxylic acids is 1. The van der Waals surface area contributed by atoms with Crippen LogP contribution in [0, 0.1) is 0 Å². The number of hydrogen-bond donors (Lipinski definition) is 0. The topological polar surface area (TPSA) is 89.0 Å². The third kappa shape index (κ3) is 10.5. The largest absolute Gasteiger partial charge is 0.490 e. The highest BCUT2D eigenvalue weighted by Crippen LogP contribution is 2.44. The van der Waals surface area contributed by atoms with Crippen LogP contribution in [0.3, 0.4) is 0 Å². The Labute approximate surface area is 322 Å². The summed E-state index contributed by atoms with van der Waals surface area (Å²) in [6, 6.07) is 13.8. The number of para-hydroxylation sites is 1. The number of rotatable bonds is 25. The van der Waals surface area contributed by atoms with Crippen LogP contribution in [-0.4, -0.2) is 49.5 Å². The van der Waals surface area contributed by atoms with Crippen molar-refractivity contribution >= 4 is 49.6 Å². The highest BCUT2D eigenvalue weighted by molar-refractivity contribution is 6.25. The number of ether oxygens (including phenoxy) is 5. The molecule has 0 N–H and O–H groups in total. The van der Waals surface area contributed by atoms with Crippen molar-refractivity contribution in [2.24, 2.45) is 0 Å². The predicted octanol–water partition coefficient (Wildman–Crippen LogP) is 12.7. The van der Waals surface area contributed by atoms with E-state index in [-0.39, 0.29) is 0 Å². The fourth-order valence-electron chi connectivity index (χ4n) is 6.98. The number of benzene rings is 4. The molecule has 0 saturated heterocycles. The van der Waals surface area contributed by atoms with Crippen molar-refractivity contribution in [3.63, 3.8) is 0 Å². The molecule has 0 aliphatic heterocycles. The van der Waals surface area contributed by atoms with E-state index < -0.39 is 5.97 Å². The molecule has 0 radical (unpaired) electrons. The molecule has 0 aliphatic rings. The van der Waals surface area contributed by atoms with Gasteiger partial charge in [0.2, 0.25) is 0 Å². The van der Waals surface area contributed by atoms with Crippen molar-refractivity contribution in [3.05, 3.63) is 48.0 Å². The number of methoxy groups -OCH3 is 1. The zero-order valence-corrected chi connectivity index (χ0v) is 33.5. The molecule has 5 rings (SSSR count). The van der Waals surface area contributed by atoms with Crippen LogP contribution >= 0.6 is 0 Å². The molecule has 1 heterocycles. The molecular weight excluding hydrogens is 677 g/mol. The summed E-state index contributed by atoms with van der Waals surface area (Å²) in [4.78, 5) is 23.3. The van der Waals surface area contributed by atoms with Gasteiger partial charge < -0.3 is 23.7 Å². The second kappa shape index (κ2) is 21.5. The molecule has 8 nitrogen and oxygen atoms in total. The van der Waals surface area contributed by atoms with Crippen LogP contribution in [-0.2, 0) is 4.74 Å². The number of hydrogen-bond acceptors (Lipinski definition) is 8. The third-order valence-corrected chi connectivity index (χ3v) is 10.1. The maximum Gasteiger partial charge on any atom is 0.340 e.